The molecule has 2 fully saturated rings. The summed E-state index contributed by atoms with van der Waals surface area (Å²) in [5, 5.41) is 16.9. The maximum atomic E-state index is 14.2. The molecule has 0 unspecified atom stereocenters. The number of hydrogen-bond donors (Lipinski definition) is 3. The number of nitro benzene ring substituents is 1. The van der Waals surface area contributed by atoms with Crippen LogP contribution in [-0.4, -0.2) is 107 Å². The van der Waals surface area contributed by atoms with Gasteiger partial charge in [0, 0.05) is 92.4 Å². The van der Waals surface area contributed by atoms with Gasteiger partial charge in [-0.2, -0.15) is 0 Å². The van der Waals surface area contributed by atoms with Gasteiger partial charge in [-0.3, -0.25) is 19.8 Å². The monoisotopic (exact) mass is 951 g/mol. The van der Waals surface area contributed by atoms with E-state index in [1.54, 1.807) is 6.07 Å². The molecule has 3 N–H and O–H groups in total. The van der Waals surface area contributed by atoms with Crippen LogP contribution in [-0.2, 0) is 21.2 Å². The predicted molar refractivity (Wildman–Crippen MR) is 266 cm³/mol. The zero-order chi connectivity index (χ0) is 47.3. The summed E-state index contributed by atoms with van der Waals surface area (Å²) < 4.78 is 42.1. The van der Waals surface area contributed by atoms with Gasteiger partial charge in [-0.15, -0.1) is 0 Å². The van der Waals surface area contributed by atoms with Crippen LogP contribution in [0.3, 0.4) is 0 Å². The van der Waals surface area contributed by atoms with Crippen LogP contribution in [0.25, 0.3) is 16.5 Å². The number of rotatable bonds is 17. The molecular formula is C51H62ClN7O7S. The van der Waals surface area contributed by atoms with Gasteiger partial charge >= 0.3 is 0 Å². The number of aromatic nitrogens is 1. The van der Waals surface area contributed by atoms with E-state index < -0.39 is 31.4 Å². The van der Waals surface area contributed by atoms with Crippen LogP contribution < -0.4 is 19.7 Å². The molecule has 1 aromatic heterocycles. The maximum Gasteiger partial charge on any atom is 0.293 e. The second-order valence-electron chi connectivity index (χ2n) is 19.2. The van der Waals surface area contributed by atoms with Crippen LogP contribution >= 0.6 is 11.6 Å². The third kappa shape index (κ3) is 11.8. The smallest absolute Gasteiger partial charge is 0.293 e. The number of allylic oxidation sites excluding steroid dienone is 1. The maximum absolute atomic E-state index is 14.2. The van der Waals surface area contributed by atoms with Crippen molar-refractivity contribution in [1.29, 1.82) is 0 Å². The van der Waals surface area contributed by atoms with Crippen molar-refractivity contribution in [3.63, 3.8) is 0 Å². The van der Waals surface area contributed by atoms with Crippen LogP contribution in [0, 0.1) is 21.4 Å². The fourth-order valence-corrected chi connectivity index (χ4v) is 10.6. The Morgan fingerprint density at radius 2 is 1.76 bits per heavy atom. The number of benzene rings is 4. The van der Waals surface area contributed by atoms with E-state index in [0.717, 1.165) is 117 Å². The normalized spacial score (nSPS) is 17.3. The van der Waals surface area contributed by atoms with Crippen molar-refractivity contribution in [3.8, 4) is 11.5 Å². The molecule has 14 nitrogen and oxygen atoms in total. The topological polar surface area (TPSA) is 162 Å². The van der Waals surface area contributed by atoms with Gasteiger partial charge in [0.1, 0.15) is 17.2 Å². The number of anilines is 2. The quantitative estimate of drug-likeness (QED) is 0.0601. The van der Waals surface area contributed by atoms with Gasteiger partial charge in [-0.1, -0.05) is 49.2 Å². The molecule has 2 aliphatic heterocycles. The summed E-state index contributed by atoms with van der Waals surface area (Å²) in [4.78, 5) is 35.7. The Bertz CT molecular complexity index is 2720. The molecule has 5 aromatic rings. The van der Waals surface area contributed by atoms with E-state index >= 15 is 0 Å². The highest BCUT2D eigenvalue weighted by atomic mass is 35.5. The largest absolute Gasteiger partial charge is 0.456 e. The molecule has 0 atom stereocenters. The third-order valence-electron chi connectivity index (χ3n) is 13.4. The number of fused-ring (bicyclic) bond motifs is 1. The number of nitro groups is 1. The summed E-state index contributed by atoms with van der Waals surface area (Å²) in [6.45, 7) is 11.3. The van der Waals surface area contributed by atoms with Crippen LogP contribution in [0.2, 0.25) is 5.02 Å². The number of aryl methyl sites for hydroxylation is 1. The van der Waals surface area contributed by atoms with Crippen molar-refractivity contribution >= 4 is 61.1 Å². The number of piperazine rings is 1. The van der Waals surface area contributed by atoms with E-state index in [1.807, 2.05) is 62.8 Å². The number of H-pyrrole nitrogens is 1. The van der Waals surface area contributed by atoms with Crippen LogP contribution in [0.5, 0.6) is 11.5 Å². The molecule has 1 amide bonds. The van der Waals surface area contributed by atoms with E-state index in [1.165, 1.54) is 28.8 Å². The Hall–Kier alpha value is -5.45. The zero-order valence-corrected chi connectivity index (χ0v) is 40.5. The van der Waals surface area contributed by atoms with Gasteiger partial charge in [0.05, 0.1) is 15.4 Å². The average molecular weight is 953 g/mol. The number of ether oxygens (including phenoxy) is 2. The molecule has 0 spiro atoms. The molecule has 16 heteroatoms. The Balaban J connectivity index is 1.05. The van der Waals surface area contributed by atoms with E-state index in [9.17, 15) is 23.3 Å². The molecule has 67 heavy (non-hydrogen) atoms. The number of nitrogens with one attached hydrogen (secondary N) is 3. The van der Waals surface area contributed by atoms with Crippen molar-refractivity contribution in [2.45, 2.75) is 63.7 Å². The van der Waals surface area contributed by atoms with Crippen LogP contribution in [0.1, 0.15) is 73.9 Å². The summed E-state index contributed by atoms with van der Waals surface area (Å²) in [5.41, 5.74) is 6.92. The number of nitrogens with zero attached hydrogens (tertiary/aromatic N) is 4. The number of carbonyl (C=O) groups excluding carboxylic acids is 1. The fraction of sp³-hybridized carbons (Fsp3) is 0.431. The minimum atomic E-state index is -4.57. The highest BCUT2D eigenvalue weighted by Gasteiger charge is 2.31. The van der Waals surface area contributed by atoms with E-state index in [2.05, 4.69) is 55.7 Å². The minimum absolute atomic E-state index is 0.00112. The second-order valence-corrected chi connectivity index (χ2v) is 21.3. The first kappa shape index (κ1) is 48.0. The predicted octanol–water partition coefficient (Wildman–Crippen LogP) is 9.76. The lowest BCUT2D eigenvalue weighted by atomic mass is 9.72. The molecule has 0 saturated carbocycles. The zero-order valence-electron chi connectivity index (χ0n) is 38.9. The van der Waals surface area contributed by atoms with Gasteiger partial charge in [0.15, 0.2) is 0 Å². The number of aromatic amines is 1. The van der Waals surface area contributed by atoms with E-state index in [4.69, 9.17) is 21.1 Å². The van der Waals surface area contributed by atoms with Gasteiger partial charge in [-0.05, 0) is 142 Å². The number of halogens is 1. The van der Waals surface area contributed by atoms with Crippen LogP contribution in [0.4, 0.5) is 17.1 Å². The fourth-order valence-electron chi connectivity index (χ4n) is 9.50. The average Bonchev–Trinajstić information content (AvgIpc) is 3.73. The van der Waals surface area contributed by atoms with E-state index in [0.29, 0.717) is 25.5 Å². The van der Waals surface area contributed by atoms with Crippen LogP contribution in [0.15, 0.2) is 95.5 Å². The van der Waals surface area contributed by atoms with Gasteiger partial charge in [0.2, 0.25) is 0 Å². The Morgan fingerprint density at radius 1 is 1.00 bits per heavy atom. The lowest BCUT2D eigenvalue weighted by molar-refractivity contribution is -0.384. The molecule has 0 bridgehead atoms. The van der Waals surface area contributed by atoms with E-state index in [-0.39, 0.29) is 28.3 Å². The second kappa shape index (κ2) is 20.8. The molecule has 4 aromatic carbocycles. The summed E-state index contributed by atoms with van der Waals surface area (Å²) in [5.74, 6) is 0.0529. The SMILES string of the molecule is CN(C)CCCc1c[nH]c2cccc(Oc3cc(N4CCN(CC5=C(c6ccc(Cl)cc6)CC(C)(C)CC5)CC4)ccc3C(=O)NS(=O)(=O)c3ccc(NCC4CCOCC4)c([N+](=O)[O-])c3)c12. The first-order valence-electron chi connectivity index (χ1n) is 23.3. The van der Waals surface area contributed by atoms with Crippen molar-refractivity contribution < 1.29 is 27.6 Å². The molecular weight excluding hydrogens is 890 g/mol. The number of carbonyl (C=O) groups is 1. The highest BCUT2D eigenvalue weighted by molar-refractivity contribution is 7.90. The Morgan fingerprint density at radius 3 is 2.49 bits per heavy atom. The molecule has 356 valence electrons. The molecule has 3 aliphatic rings. The summed E-state index contributed by atoms with van der Waals surface area (Å²) in [6.07, 6.45) is 8.55. The number of hydrogen-bond acceptors (Lipinski definition) is 11. The summed E-state index contributed by atoms with van der Waals surface area (Å²) in [7, 11) is -0.490. The molecule has 8 rings (SSSR count). The van der Waals surface area contributed by atoms with Gasteiger partial charge in [-0.25, -0.2) is 13.1 Å². The molecule has 1 aliphatic carbocycles. The Kier molecular flexibility index (Phi) is 14.9. The molecule has 3 heterocycles. The summed E-state index contributed by atoms with van der Waals surface area (Å²) >= 11 is 6.27. The first-order valence-corrected chi connectivity index (χ1v) is 25.2. The van der Waals surface area contributed by atoms with Crippen molar-refractivity contribution in [2.24, 2.45) is 11.3 Å². The van der Waals surface area contributed by atoms with Crippen molar-refractivity contribution in [2.75, 3.05) is 83.3 Å². The number of sulfonamides is 1. The minimum Gasteiger partial charge on any atom is -0.456 e. The highest BCUT2D eigenvalue weighted by Crippen LogP contribution is 2.44. The lowest BCUT2D eigenvalue weighted by Gasteiger charge is -2.39. The Labute approximate surface area is 398 Å². The molecule has 0 radical (unpaired) electrons. The summed E-state index contributed by atoms with van der Waals surface area (Å²) in [6, 6.07) is 22.8. The molecule has 2 saturated heterocycles. The third-order valence-corrected chi connectivity index (χ3v) is 15.0. The first-order chi connectivity index (χ1) is 32.1. The van der Waals surface area contributed by atoms with Crippen molar-refractivity contribution in [3.05, 3.63) is 122 Å². The lowest BCUT2D eigenvalue weighted by Crippen LogP contribution is -2.47. The van der Waals surface area contributed by atoms with Crippen molar-refractivity contribution in [1.82, 2.24) is 19.5 Å². The van der Waals surface area contributed by atoms with Gasteiger partial charge < -0.3 is 29.6 Å². The van der Waals surface area contributed by atoms with Gasteiger partial charge in [0.25, 0.3) is 21.6 Å². The number of amides is 1. The standard InChI is InChI=1S/C51H62ClN7O7S/c1-51(2)21-18-38(43(31-51)36-10-12-39(52)13-11-36)34-57-23-25-58(26-24-57)40-14-16-42(48(29-40)66-47-9-5-8-45-49(47)37(33-54-45)7-6-22-56(3)4)50(60)55-67(63,64)41-15-17-44(46(30-41)59(61)62)53-32-35-19-27-65-28-20-35/h5,8-17,29-30,33,35,53-54H,6-7,18-28,31-32,34H2,1-4H3,(H,55,60).